The largest absolute Gasteiger partial charge is 0.416 e. The molecule has 262 valence electrons. The molecular weight excluding hydrogens is 653 g/mol. The highest BCUT2D eigenvalue weighted by molar-refractivity contribution is 7.94. The smallest absolute Gasteiger partial charge is 0.393 e. The second-order valence-electron chi connectivity index (χ2n) is 13.7. The van der Waals surface area contributed by atoms with Gasteiger partial charge in [-0.15, -0.1) is 0 Å². The second-order valence-corrected chi connectivity index (χ2v) is 16.0. The molecule has 3 aromatic carbocycles. The van der Waals surface area contributed by atoms with Crippen LogP contribution in [0.3, 0.4) is 0 Å². The van der Waals surface area contributed by atoms with E-state index in [2.05, 4.69) is 0 Å². The van der Waals surface area contributed by atoms with Crippen molar-refractivity contribution < 1.29 is 36.2 Å². The lowest BCUT2D eigenvalue weighted by Gasteiger charge is -2.26. The minimum Gasteiger partial charge on any atom is -0.393 e. The lowest BCUT2D eigenvalue weighted by Crippen LogP contribution is -2.38. The zero-order valence-corrected chi connectivity index (χ0v) is 28.9. The number of rotatable bonds is 13. The number of aliphatic hydroxyl groups is 1. The van der Waals surface area contributed by atoms with Crippen LogP contribution in [0.25, 0.3) is 10.9 Å². The predicted octanol–water partition coefficient (Wildman–Crippen LogP) is 7.54. The average Bonchev–Trinajstić information content (AvgIpc) is 3.81. The number of halogens is 3. The summed E-state index contributed by atoms with van der Waals surface area (Å²) in [6, 6.07) is 18.3. The fourth-order valence-corrected chi connectivity index (χ4v) is 9.30. The summed E-state index contributed by atoms with van der Waals surface area (Å²) in [6.07, 6.45) is -0.491. The first kappa shape index (κ1) is 35.2. The summed E-state index contributed by atoms with van der Waals surface area (Å²) < 4.78 is 75.7. The number of benzene rings is 3. The summed E-state index contributed by atoms with van der Waals surface area (Å²) in [6.45, 7) is 2.59. The highest BCUT2D eigenvalue weighted by Gasteiger charge is 2.58. The van der Waals surface area contributed by atoms with Crippen LogP contribution in [-0.4, -0.2) is 55.5 Å². The van der Waals surface area contributed by atoms with Crippen LogP contribution >= 0.6 is 0 Å². The summed E-state index contributed by atoms with van der Waals surface area (Å²) in [4.78, 5) is 14.2. The third-order valence-electron chi connectivity index (χ3n) is 10.4. The van der Waals surface area contributed by atoms with Crippen LogP contribution in [-0.2, 0) is 40.3 Å². The Hall–Kier alpha value is -3.67. The number of aliphatic hydroxyl groups excluding tert-OH is 1. The molecule has 2 aliphatic rings. The van der Waals surface area contributed by atoms with Gasteiger partial charge in [-0.1, -0.05) is 55.5 Å². The van der Waals surface area contributed by atoms with E-state index < -0.39 is 44.4 Å². The zero-order chi connectivity index (χ0) is 35.1. The molecule has 0 saturated heterocycles. The first-order valence-electron chi connectivity index (χ1n) is 16.8. The van der Waals surface area contributed by atoms with Gasteiger partial charge in [0.25, 0.3) is 0 Å². The van der Waals surface area contributed by atoms with E-state index in [1.165, 1.54) is 17.5 Å². The summed E-state index contributed by atoms with van der Waals surface area (Å²) in [5.41, 5.74) is 3.39. The maximum atomic E-state index is 14.2. The van der Waals surface area contributed by atoms with Gasteiger partial charge in [-0.25, -0.2) is 8.42 Å². The Morgan fingerprint density at radius 2 is 1.78 bits per heavy atom. The van der Waals surface area contributed by atoms with Crippen molar-refractivity contribution in [2.45, 2.75) is 81.4 Å². The van der Waals surface area contributed by atoms with Crippen LogP contribution in [0.5, 0.6) is 0 Å². The van der Waals surface area contributed by atoms with Crippen molar-refractivity contribution in [1.29, 1.82) is 0 Å². The molecular formula is C38H43F3N2O5S. The summed E-state index contributed by atoms with van der Waals surface area (Å²) in [7, 11) is -0.597. The van der Waals surface area contributed by atoms with E-state index in [9.17, 15) is 31.5 Å². The number of nitrogens with zero attached hydrogens (tertiary/aromatic N) is 2. The molecule has 1 aliphatic carbocycles. The highest BCUT2D eigenvalue weighted by Crippen LogP contribution is 2.51. The maximum Gasteiger partial charge on any atom is 0.416 e. The molecule has 1 aromatic heterocycles. The molecule has 1 saturated carbocycles. The minimum absolute atomic E-state index is 0.00206. The lowest BCUT2D eigenvalue weighted by molar-refractivity contribution is -0.137. The van der Waals surface area contributed by atoms with E-state index >= 15 is 0 Å². The number of ketones is 1. The molecule has 0 radical (unpaired) electrons. The van der Waals surface area contributed by atoms with Crippen molar-refractivity contribution >= 4 is 32.4 Å². The van der Waals surface area contributed by atoms with Gasteiger partial charge in [0.1, 0.15) is 4.75 Å². The minimum atomic E-state index is -4.48. The molecule has 1 fully saturated rings. The molecule has 1 unspecified atom stereocenters. The molecule has 0 amide bonds. The fourth-order valence-electron chi connectivity index (χ4n) is 7.40. The molecule has 3 atom stereocenters. The number of sulfonamides is 1. The van der Waals surface area contributed by atoms with E-state index in [-0.39, 0.29) is 25.2 Å². The Kier molecular flexibility index (Phi) is 9.74. The number of carbonyl (C=O) groups excluding carboxylic acids is 1. The Bertz CT molecular complexity index is 1940. The number of hydrogen-bond donors (Lipinski definition) is 1. The number of anilines is 1. The molecule has 1 aliphatic heterocycles. The zero-order valence-electron chi connectivity index (χ0n) is 28.0. The number of Topliss-reactive ketones (excluding diaryl/α,β-unsaturated/α-hetero) is 1. The Labute approximate surface area is 285 Å². The SMILES string of the molecule is CCc1cn2c3c(cc(C(=O)C[C@@H](Cc4ccccc4)[C@H](O)CCC(COC)c4cccc(C(F)(F)F)c4)cc13)N(C)S(=O)(=O)C1(CC1)C2. The third kappa shape index (κ3) is 6.90. The van der Waals surface area contributed by atoms with Crippen LogP contribution in [0, 0.1) is 5.92 Å². The van der Waals surface area contributed by atoms with Crippen LogP contribution in [0.4, 0.5) is 18.9 Å². The van der Waals surface area contributed by atoms with Gasteiger partial charge >= 0.3 is 6.18 Å². The number of methoxy groups -OCH3 is 1. The number of aromatic nitrogens is 1. The lowest BCUT2D eigenvalue weighted by atomic mass is 9.83. The fraction of sp³-hybridized carbons (Fsp3) is 0.447. The Morgan fingerprint density at radius 1 is 1.04 bits per heavy atom. The number of hydrogen-bond acceptors (Lipinski definition) is 5. The van der Waals surface area contributed by atoms with Gasteiger partial charge < -0.3 is 14.4 Å². The second kappa shape index (κ2) is 13.6. The highest BCUT2D eigenvalue weighted by atomic mass is 32.2. The molecule has 49 heavy (non-hydrogen) atoms. The van der Waals surface area contributed by atoms with Gasteiger partial charge in [0.05, 0.1) is 29.5 Å². The first-order valence-corrected chi connectivity index (χ1v) is 18.3. The van der Waals surface area contributed by atoms with Crippen molar-refractivity contribution in [3.63, 3.8) is 0 Å². The molecule has 2 heterocycles. The number of ether oxygens (including phenoxy) is 1. The van der Waals surface area contributed by atoms with Crippen molar-refractivity contribution in [2.75, 3.05) is 25.1 Å². The third-order valence-corrected chi connectivity index (χ3v) is 13.0. The molecule has 1 spiro atoms. The van der Waals surface area contributed by atoms with E-state index in [0.29, 0.717) is 55.5 Å². The van der Waals surface area contributed by atoms with Crippen LogP contribution in [0.2, 0.25) is 0 Å². The summed E-state index contributed by atoms with van der Waals surface area (Å²) >= 11 is 0. The van der Waals surface area contributed by atoms with Gasteiger partial charge in [-0.2, -0.15) is 13.2 Å². The van der Waals surface area contributed by atoms with Gasteiger partial charge in [-0.3, -0.25) is 9.10 Å². The quantitative estimate of drug-likeness (QED) is 0.146. The van der Waals surface area contributed by atoms with Gasteiger partial charge in [0, 0.05) is 50.2 Å². The van der Waals surface area contributed by atoms with Crippen LogP contribution in [0.15, 0.2) is 72.9 Å². The standard InChI is InChI=1S/C38H43F3N2O5S/c1-4-26-22-43-24-37(15-16-37)49(46,47)42(2)33-20-30(19-32(26)36(33)43)35(45)21-29(17-25-9-6-5-7-10-25)34(44)14-13-28(23-48-3)27-11-8-12-31(18-27)38(39,40)41/h5-12,18-20,22,28-29,34,44H,4,13-17,21,23-24H2,1-3H3/t28?,29-,34-/m1/s1. The Morgan fingerprint density at radius 3 is 2.43 bits per heavy atom. The van der Waals surface area contributed by atoms with Crippen molar-refractivity contribution in [1.82, 2.24) is 4.57 Å². The van der Waals surface area contributed by atoms with Crippen LogP contribution in [0.1, 0.15) is 77.6 Å². The summed E-state index contributed by atoms with van der Waals surface area (Å²) in [5.74, 6) is -1.10. The number of alkyl halides is 3. The normalized spacial score (nSPS) is 18.3. The molecule has 11 heteroatoms. The molecule has 0 bridgehead atoms. The number of aryl methyl sites for hydroxylation is 1. The van der Waals surface area contributed by atoms with E-state index in [4.69, 9.17) is 4.74 Å². The number of carbonyl (C=O) groups is 1. The van der Waals surface area contributed by atoms with Gasteiger partial charge in [0.15, 0.2) is 5.78 Å². The predicted molar refractivity (Wildman–Crippen MR) is 184 cm³/mol. The maximum absolute atomic E-state index is 14.2. The van der Waals surface area contributed by atoms with Gasteiger partial charge in [-0.05, 0) is 79.3 Å². The van der Waals surface area contributed by atoms with E-state index in [1.807, 2.05) is 54.1 Å². The Balaban J connectivity index is 1.29. The summed E-state index contributed by atoms with van der Waals surface area (Å²) in [5, 5.41) is 12.5. The molecule has 6 rings (SSSR count). The van der Waals surface area contributed by atoms with Crippen LogP contribution < -0.4 is 4.31 Å². The molecule has 4 aromatic rings. The van der Waals surface area contributed by atoms with E-state index in [1.54, 1.807) is 19.2 Å². The monoisotopic (exact) mass is 696 g/mol. The van der Waals surface area contributed by atoms with E-state index in [0.717, 1.165) is 34.2 Å². The average molecular weight is 697 g/mol. The molecule has 7 nitrogen and oxygen atoms in total. The topological polar surface area (TPSA) is 88.8 Å². The van der Waals surface area contributed by atoms with Gasteiger partial charge in [0.2, 0.25) is 10.0 Å². The van der Waals surface area contributed by atoms with Crippen molar-refractivity contribution in [3.8, 4) is 0 Å². The van der Waals surface area contributed by atoms with Crippen molar-refractivity contribution in [2.24, 2.45) is 5.92 Å². The van der Waals surface area contributed by atoms with Crippen molar-refractivity contribution in [3.05, 3.63) is 101 Å². The molecule has 1 N–H and O–H groups in total. The first-order chi connectivity index (χ1) is 23.3.